The van der Waals surface area contributed by atoms with E-state index in [0.29, 0.717) is 17.1 Å². The molecule has 0 aliphatic carbocycles. The summed E-state index contributed by atoms with van der Waals surface area (Å²) in [5, 5.41) is 1.96. The second-order valence-electron chi connectivity index (χ2n) is 4.57. The highest BCUT2D eigenvalue weighted by Crippen LogP contribution is 2.16. The molecule has 2 N–H and O–H groups in total. The Bertz CT molecular complexity index is 698. The minimum absolute atomic E-state index is 0.394. The molecule has 0 saturated heterocycles. The fraction of sp³-hybridized carbons (Fsp3) is 0.200. The van der Waals surface area contributed by atoms with Gasteiger partial charge < -0.3 is 4.42 Å². The van der Waals surface area contributed by atoms with E-state index in [-0.39, 0.29) is 0 Å². The maximum Gasteiger partial charge on any atom is 0.273 e. The minimum Gasteiger partial charge on any atom is -0.466 e. The largest absolute Gasteiger partial charge is 0.466 e. The normalized spacial score (nSPS) is 10.8. The Morgan fingerprint density at radius 1 is 1.24 bits per heavy atom. The summed E-state index contributed by atoms with van der Waals surface area (Å²) < 4.78 is 5.27. The first kappa shape index (κ1) is 15.1. The number of hydrogen-bond donors (Lipinski definition) is 2. The molecule has 2 heterocycles. The molecule has 0 radical (unpaired) electrons. The zero-order valence-electron chi connectivity index (χ0n) is 12.0. The topological polar surface area (TPSA) is 71.3 Å². The number of rotatable bonds is 3. The Morgan fingerprint density at radius 3 is 2.57 bits per heavy atom. The zero-order valence-corrected chi connectivity index (χ0v) is 12.8. The summed E-state index contributed by atoms with van der Waals surface area (Å²) in [6.07, 6.45) is 3.10. The third kappa shape index (κ3) is 3.82. The first-order valence-corrected chi connectivity index (χ1v) is 7.25. The zero-order chi connectivity index (χ0) is 15.4. The molecule has 0 atom stereocenters. The molecular weight excluding hydrogens is 288 g/mol. The summed E-state index contributed by atoms with van der Waals surface area (Å²) in [4.78, 5) is 24.5. The first-order chi connectivity index (χ1) is 9.97. The fourth-order valence-corrected chi connectivity index (χ4v) is 2.61. The van der Waals surface area contributed by atoms with Crippen LogP contribution in [-0.2, 0) is 4.79 Å². The van der Waals surface area contributed by atoms with Crippen molar-refractivity contribution in [2.75, 3.05) is 0 Å². The fourth-order valence-electron chi connectivity index (χ4n) is 1.79. The Balaban J connectivity index is 1.89. The molecule has 2 aromatic rings. The van der Waals surface area contributed by atoms with Gasteiger partial charge in [0, 0.05) is 11.0 Å². The van der Waals surface area contributed by atoms with Gasteiger partial charge in [-0.15, -0.1) is 11.3 Å². The van der Waals surface area contributed by atoms with Crippen LogP contribution in [0.15, 0.2) is 28.0 Å². The lowest BCUT2D eigenvalue weighted by Gasteiger charge is -2.03. The van der Waals surface area contributed by atoms with Crippen LogP contribution in [0.3, 0.4) is 0 Å². The van der Waals surface area contributed by atoms with Gasteiger partial charge in [-0.25, -0.2) is 0 Å². The molecule has 0 aliphatic rings. The number of aryl methyl sites for hydroxylation is 3. The smallest absolute Gasteiger partial charge is 0.273 e. The van der Waals surface area contributed by atoms with Crippen LogP contribution in [0.1, 0.15) is 32.3 Å². The van der Waals surface area contributed by atoms with E-state index >= 15 is 0 Å². The number of amides is 2. The Labute approximate surface area is 126 Å². The Hall–Kier alpha value is -2.34. The number of hydrogen-bond acceptors (Lipinski definition) is 4. The predicted octanol–water partition coefficient (Wildman–Crippen LogP) is 2.74. The average molecular weight is 304 g/mol. The number of carbonyl (C=O) groups is 2. The first-order valence-electron chi connectivity index (χ1n) is 6.37. The molecule has 0 spiro atoms. The lowest BCUT2D eigenvalue weighted by atomic mass is 10.2. The Morgan fingerprint density at radius 2 is 2.00 bits per heavy atom. The van der Waals surface area contributed by atoms with E-state index < -0.39 is 11.8 Å². The second kappa shape index (κ2) is 6.41. The van der Waals surface area contributed by atoms with E-state index in [1.165, 1.54) is 6.08 Å². The summed E-state index contributed by atoms with van der Waals surface area (Å²) in [6.45, 7) is 5.43. The molecular formula is C15H16N2O3S. The van der Waals surface area contributed by atoms with Crippen LogP contribution in [-0.4, -0.2) is 11.8 Å². The minimum atomic E-state index is -0.404. The monoisotopic (exact) mass is 304 g/mol. The SMILES string of the molecule is Cc1cc(C(=O)NNC(=O)/C=C/c2sccc2C)c(C)o1. The molecule has 21 heavy (non-hydrogen) atoms. The second-order valence-corrected chi connectivity index (χ2v) is 5.52. The van der Waals surface area contributed by atoms with Crippen LogP contribution in [0.5, 0.6) is 0 Å². The molecule has 6 heteroatoms. The van der Waals surface area contributed by atoms with Crippen LogP contribution >= 0.6 is 11.3 Å². The summed E-state index contributed by atoms with van der Waals surface area (Å²) in [7, 11) is 0. The van der Waals surface area contributed by atoms with E-state index in [1.807, 2.05) is 18.4 Å². The highest BCUT2D eigenvalue weighted by molar-refractivity contribution is 7.11. The third-order valence-electron chi connectivity index (χ3n) is 2.87. The highest BCUT2D eigenvalue weighted by Gasteiger charge is 2.13. The number of carbonyl (C=O) groups excluding carboxylic acids is 2. The molecule has 0 aromatic carbocycles. The van der Waals surface area contributed by atoms with Crippen molar-refractivity contribution in [1.29, 1.82) is 0 Å². The molecule has 0 fully saturated rings. The molecule has 0 saturated carbocycles. The van der Waals surface area contributed by atoms with Crippen molar-refractivity contribution < 1.29 is 14.0 Å². The van der Waals surface area contributed by atoms with Crippen LogP contribution < -0.4 is 10.9 Å². The van der Waals surface area contributed by atoms with Crippen LogP contribution in [0.25, 0.3) is 6.08 Å². The molecule has 2 rings (SSSR count). The summed E-state index contributed by atoms with van der Waals surface area (Å²) in [6, 6.07) is 3.61. The quantitative estimate of drug-likeness (QED) is 0.676. The van der Waals surface area contributed by atoms with Crippen molar-refractivity contribution in [1.82, 2.24) is 10.9 Å². The van der Waals surface area contributed by atoms with Crippen molar-refractivity contribution in [2.45, 2.75) is 20.8 Å². The van der Waals surface area contributed by atoms with E-state index in [0.717, 1.165) is 10.4 Å². The van der Waals surface area contributed by atoms with E-state index in [4.69, 9.17) is 4.42 Å². The number of nitrogens with one attached hydrogen (secondary N) is 2. The van der Waals surface area contributed by atoms with Crippen molar-refractivity contribution in [3.05, 3.63) is 51.1 Å². The van der Waals surface area contributed by atoms with Gasteiger partial charge in [-0.3, -0.25) is 20.4 Å². The van der Waals surface area contributed by atoms with Gasteiger partial charge in [0.2, 0.25) is 0 Å². The lowest BCUT2D eigenvalue weighted by Crippen LogP contribution is -2.40. The molecule has 110 valence electrons. The van der Waals surface area contributed by atoms with E-state index in [1.54, 1.807) is 37.3 Å². The van der Waals surface area contributed by atoms with Crippen LogP contribution in [0.2, 0.25) is 0 Å². The summed E-state index contributed by atoms with van der Waals surface area (Å²) in [5.41, 5.74) is 6.21. The van der Waals surface area contributed by atoms with Crippen molar-refractivity contribution >= 4 is 29.2 Å². The third-order valence-corrected chi connectivity index (χ3v) is 3.86. The van der Waals surface area contributed by atoms with Crippen molar-refractivity contribution in [3.8, 4) is 0 Å². The molecule has 2 aromatic heterocycles. The maximum absolute atomic E-state index is 11.9. The molecule has 0 aliphatic heterocycles. The summed E-state index contributed by atoms with van der Waals surface area (Å²) in [5.74, 6) is 0.369. The van der Waals surface area contributed by atoms with Crippen LogP contribution in [0, 0.1) is 20.8 Å². The maximum atomic E-state index is 11.9. The van der Waals surface area contributed by atoms with Crippen molar-refractivity contribution in [3.63, 3.8) is 0 Å². The number of thiophene rings is 1. The molecule has 0 unspecified atom stereocenters. The van der Waals surface area contributed by atoms with E-state index in [9.17, 15) is 9.59 Å². The van der Waals surface area contributed by atoms with Gasteiger partial charge in [-0.1, -0.05) is 0 Å². The predicted molar refractivity (Wildman–Crippen MR) is 81.9 cm³/mol. The standard InChI is InChI=1S/C15H16N2O3S/c1-9-6-7-21-13(9)4-5-14(18)16-17-15(19)12-8-10(2)20-11(12)3/h4-8H,1-3H3,(H,16,18)(H,17,19)/b5-4+. The van der Waals surface area contributed by atoms with Gasteiger partial charge >= 0.3 is 0 Å². The van der Waals surface area contributed by atoms with Gasteiger partial charge in [0.1, 0.15) is 11.5 Å². The Kier molecular flexibility index (Phi) is 4.59. The van der Waals surface area contributed by atoms with Crippen molar-refractivity contribution in [2.24, 2.45) is 0 Å². The highest BCUT2D eigenvalue weighted by atomic mass is 32.1. The van der Waals surface area contributed by atoms with Gasteiger partial charge in [-0.2, -0.15) is 0 Å². The van der Waals surface area contributed by atoms with Gasteiger partial charge in [0.05, 0.1) is 5.56 Å². The number of hydrazine groups is 1. The average Bonchev–Trinajstić information content (AvgIpc) is 2.99. The number of furan rings is 1. The van der Waals surface area contributed by atoms with Gasteiger partial charge in [0.25, 0.3) is 11.8 Å². The summed E-state index contributed by atoms with van der Waals surface area (Å²) >= 11 is 1.55. The molecule has 5 nitrogen and oxygen atoms in total. The van der Waals surface area contributed by atoms with Gasteiger partial charge in [0.15, 0.2) is 0 Å². The van der Waals surface area contributed by atoms with Gasteiger partial charge in [-0.05, 0) is 49.9 Å². The van der Waals surface area contributed by atoms with Crippen LogP contribution in [0.4, 0.5) is 0 Å². The molecule has 0 bridgehead atoms. The molecule has 2 amide bonds. The van der Waals surface area contributed by atoms with E-state index in [2.05, 4.69) is 10.9 Å². The lowest BCUT2D eigenvalue weighted by molar-refractivity contribution is -0.117.